The van der Waals surface area contributed by atoms with Crippen LogP contribution in [0.5, 0.6) is 11.5 Å². The highest BCUT2D eigenvalue weighted by Gasteiger charge is 2.18. The number of amides is 2. The first-order valence-electron chi connectivity index (χ1n) is 13.2. The van der Waals surface area contributed by atoms with Gasteiger partial charge in [-0.3, -0.25) is 14.6 Å². The molecule has 1 fully saturated rings. The zero-order valence-electron chi connectivity index (χ0n) is 23.0. The molecule has 0 aliphatic carbocycles. The third-order valence-corrected chi connectivity index (χ3v) is 6.24. The fourth-order valence-electron chi connectivity index (χ4n) is 4.17. The Morgan fingerprint density at radius 3 is 2.50 bits per heavy atom. The molecule has 214 valence electrons. The Morgan fingerprint density at radius 2 is 1.74 bits per heavy atom. The summed E-state index contributed by atoms with van der Waals surface area (Å²) >= 11 is 0. The van der Waals surface area contributed by atoms with Crippen LogP contribution in [0, 0.1) is 0 Å². The molecular weight excluding hydrogens is 536 g/mol. The zero-order chi connectivity index (χ0) is 29.3. The molecule has 2 aromatic carbocycles. The van der Waals surface area contributed by atoms with Gasteiger partial charge in [0.2, 0.25) is 11.9 Å². The summed E-state index contributed by atoms with van der Waals surface area (Å²) in [5.41, 5.74) is 3.23. The third kappa shape index (κ3) is 7.17. The lowest BCUT2D eigenvalue weighted by molar-refractivity contribution is -0.111. The van der Waals surface area contributed by atoms with Crippen LogP contribution >= 0.6 is 0 Å². The van der Waals surface area contributed by atoms with E-state index in [4.69, 9.17) is 14.5 Å². The van der Waals surface area contributed by atoms with Gasteiger partial charge in [-0.2, -0.15) is 4.98 Å². The van der Waals surface area contributed by atoms with Crippen LogP contribution in [0.15, 0.2) is 85.7 Å². The summed E-state index contributed by atoms with van der Waals surface area (Å²) in [6.07, 6.45) is 4.52. The van der Waals surface area contributed by atoms with E-state index in [9.17, 15) is 9.59 Å². The molecule has 0 radical (unpaired) electrons. The zero-order valence-corrected chi connectivity index (χ0v) is 23.0. The number of rotatable bonds is 10. The molecule has 1 aliphatic heterocycles. The van der Waals surface area contributed by atoms with Crippen LogP contribution in [-0.4, -0.2) is 60.1 Å². The van der Waals surface area contributed by atoms with Crippen LogP contribution in [0.1, 0.15) is 10.5 Å². The Kier molecular flexibility index (Phi) is 8.85. The molecular formula is C30H30N8O4. The van der Waals surface area contributed by atoms with Gasteiger partial charge in [0.05, 0.1) is 25.1 Å². The van der Waals surface area contributed by atoms with Gasteiger partial charge in [-0.15, -0.1) is 0 Å². The van der Waals surface area contributed by atoms with E-state index in [1.54, 1.807) is 43.6 Å². The number of benzene rings is 2. The highest BCUT2D eigenvalue weighted by molar-refractivity contribution is 5.99. The normalized spacial score (nSPS) is 12.6. The number of morpholine rings is 1. The van der Waals surface area contributed by atoms with Crippen LogP contribution in [-0.2, 0) is 9.53 Å². The van der Waals surface area contributed by atoms with Crippen LogP contribution in [0.2, 0.25) is 0 Å². The maximum Gasteiger partial charge on any atom is 0.269 e. The van der Waals surface area contributed by atoms with Crippen molar-refractivity contribution in [2.75, 3.05) is 54.2 Å². The van der Waals surface area contributed by atoms with Gasteiger partial charge < -0.3 is 35.6 Å². The minimum atomic E-state index is -0.291. The summed E-state index contributed by atoms with van der Waals surface area (Å²) in [6, 6.07) is 17.9. The summed E-state index contributed by atoms with van der Waals surface area (Å²) < 4.78 is 11.4. The molecule has 2 amide bonds. The minimum absolute atomic E-state index is 0.267. The van der Waals surface area contributed by atoms with Crippen LogP contribution < -0.4 is 30.9 Å². The second-order valence-corrected chi connectivity index (χ2v) is 9.13. The maximum atomic E-state index is 11.9. The predicted octanol–water partition coefficient (Wildman–Crippen LogP) is 4.47. The maximum absolute atomic E-state index is 11.9. The van der Waals surface area contributed by atoms with Gasteiger partial charge in [0.25, 0.3) is 5.91 Å². The topological polar surface area (TPSA) is 143 Å². The van der Waals surface area contributed by atoms with E-state index in [1.807, 2.05) is 30.3 Å². The predicted molar refractivity (Wildman–Crippen MR) is 161 cm³/mol. The number of carbonyl (C=O) groups is 2. The highest BCUT2D eigenvalue weighted by atomic mass is 16.5. The quantitative estimate of drug-likeness (QED) is 0.203. The Bertz CT molecular complexity index is 1570. The highest BCUT2D eigenvalue weighted by Crippen LogP contribution is 2.30. The van der Waals surface area contributed by atoms with Crippen molar-refractivity contribution >= 4 is 46.3 Å². The average Bonchev–Trinajstić information content (AvgIpc) is 3.02. The molecule has 42 heavy (non-hydrogen) atoms. The van der Waals surface area contributed by atoms with Gasteiger partial charge in [-0.25, -0.2) is 4.98 Å². The summed E-state index contributed by atoms with van der Waals surface area (Å²) in [4.78, 5) is 39.2. The van der Waals surface area contributed by atoms with Crippen molar-refractivity contribution in [2.24, 2.45) is 0 Å². The molecule has 2 aromatic heterocycles. The number of carbonyl (C=O) groups excluding carboxylic acids is 2. The number of ether oxygens (including phenoxy) is 2. The second kappa shape index (κ2) is 13.2. The van der Waals surface area contributed by atoms with Crippen molar-refractivity contribution in [2.45, 2.75) is 0 Å². The molecule has 3 heterocycles. The first-order chi connectivity index (χ1) is 20.5. The average molecular weight is 567 g/mol. The van der Waals surface area contributed by atoms with E-state index in [1.165, 1.54) is 12.3 Å². The first kappa shape index (κ1) is 28.1. The molecule has 1 saturated heterocycles. The monoisotopic (exact) mass is 566 g/mol. The van der Waals surface area contributed by atoms with Crippen molar-refractivity contribution in [3.8, 4) is 11.5 Å². The molecule has 4 N–H and O–H groups in total. The van der Waals surface area contributed by atoms with Crippen LogP contribution in [0.3, 0.4) is 0 Å². The third-order valence-electron chi connectivity index (χ3n) is 6.24. The number of nitrogens with one attached hydrogen (secondary N) is 4. The fourth-order valence-corrected chi connectivity index (χ4v) is 4.17. The largest absolute Gasteiger partial charge is 0.457 e. The van der Waals surface area contributed by atoms with E-state index in [-0.39, 0.29) is 17.5 Å². The van der Waals surface area contributed by atoms with Crippen molar-refractivity contribution in [1.82, 2.24) is 20.3 Å². The van der Waals surface area contributed by atoms with E-state index >= 15 is 0 Å². The lowest BCUT2D eigenvalue weighted by atomic mass is 10.2. The lowest BCUT2D eigenvalue weighted by Crippen LogP contribution is -2.36. The van der Waals surface area contributed by atoms with Crippen molar-refractivity contribution in [1.29, 1.82) is 0 Å². The molecule has 0 saturated carbocycles. The van der Waals surface area contributed by atoms with E-state index in [2.05, 4.69) is 42.7 Å². The van der Waals surface area contributed by atoms with E-state index in [0.717, 1.165) is 17.1 Å². The smallest absolute Gasteiger partial charge is 0.269 e. The van der Waals surface area contributed by atoms with Crippen molar-refractivity contribution < 1.29 is 19.1 Å². The molecule has 4 aromatic rings. The van der Waals surface area contributed by atoms with E-state index < -0.39 is 0 Å². The lowest BCUT2D eigenvalue weighted by Gasteiger charge is -2.30. The van der Waals surface area contributed by atoms with Gasteiger partial charge in [0, 0.05) is 49.5 Å². The summed E-state index contributed by atoms with van der Waals surface area (Å²) in [5, 5.41) is 11.9. The van der Waals surface area contributed by atoms with Gasteiger partial charge in [-0.05, 0) is 54.6 Å². The molecule has 0 unspecified atom stereocenters. The number of aromatic nitrogens is 3. The van der Waals surface area contributed by atoms with Crippen molar-refractivity contribution in [3.05, 3.63) is 91.4 Å². The van der Waals surface area contributed by atoms with Crippen molar-refractivity contribution in [3.63, 3.8) is 0 Å². The number of nitrogens with zero attached hydrogens (tertiary/aromatic N) is 4. The van der Waals surface area contributed by atoms with Gasteiger partial charge in [-0.1, -0.05) is 12.6 Å². The SMILES string of the molecule is C=CC(=O)Nc1cccc(Nc2nc(Nc3ccc(Oc4ccnc(C(=O)NC)c4)cc3)ncc2N2CCOCC2)c1. The molecule has 12 nitrogen and oxygen atoms in total. The summed E-state index contributed by atoms with van der Waals surface area (Å²) in [7, 11) is 1.55. The van der Waals surface area contributed by atoms with Gasteiger partial charge in [0.1, 0.15) is 17.2 Å². The summed E-state index contributed by atoms with van der Waals surface area (Å²) in [5.74, 6) is 1.50. The Morgan fingerprint density at radius 1 is 0.952 bits per heavy atom. The van der Waals surface area contributed by atoms with Crippen LogP contribution in [0.4, 0.5) is 34.5 Å². The Balaban J connectivity index is 1.33. The first-order valence-corrected chi connectivity index (χ1v) is 13.2. The van der Waals surface area contributed by atoms with Gasteiger partial charge in [0.15, 0.2) is 5.82 Å². The number of anilines is 6. The Labute approximate surface area is 242 Å². The molecule has 1 aliphatic rings. The summed E-state index contributed by atoms with van der Waals surface area (Å²) in [6.45, 7) is 6.15. The minimum Gasteiger partial charge on any atom is -0.457 e. The molecule has 0 atom stereocenters. The fraction of sp³-hybridized carbons (Fsp3) is 0.167. The van der Waals surface area contributed by atoms with E-state index in [0.29, 0.717) is 55.3 Å². The van der Waals surface area contributed by atoms with Gasteiger partial charge >= 0.3 is 0 Å². The molecule has 12 heteroatoms. The molecule has 0 bridgehead atoms. The number of pyridine rings is 1. The van der Waals surface area contributed by atoms with Crippen LogP contribution in [0.25, 0.3) is 0 Å². The molecule has 0 spiro atoms. The number of hydrogen-bond donors (Lipinski definition) is 4. The standard InChI is InChI=1S/C30H30N8O4/c1-3-27(39)34-21-5-4-6-22(17-21)35-28-26(38-13-15-41-16-14-38)19-33-30(37-28)36-20-7-9-23(10-8-20)42-24-11-12-32-25(18-24)29(40)31-2/h3-12,17-19H,1,13-16H2,2H3,(H,31,40)(H,34,39)(H2,33,35,36,37). The number of hydrogen-bond acceptors (Lipinski definition) is 10. The Hall–Kier alpha value is -5.49. The molecule has 5 rings (SSSR count). The second-order valence-electron chi connectivity index (χ2n) is 9.13.